The molecule has 3 atom stereocenters. The number of para-hydroxylation sites is 1. The Labute approximate surface area is 147 Å². The summed E-state index contributed by atoms with van der Waals surface area (Å²) in [4.78, 5) is 13.0. The van der Waals surface area contributed by atoms with Gasteiger partial charge in [0, 0.05) is 11.8 Å². The Morgan fingerprint density at radius 1 is 0.760 bits per heavy atom. The van der Waals surface area contributed by atoms with Gasteiger partial charge >= 0.3 is 0 Å². The average molecular weight is 328 g/mol. The van der Waals surface area contributed by atoms with Crippen LogP contribution in [-0.4, -0.2) is 10.9 Å². The zero-order valence-corrected chi connectivity index (χ0v) is 13.9. The van der Waals surface area contributed by atoms with Gasteiger partial charge in [0.2, 0.25) is 0 Å². The molecule has 3 aromatic carbocycles. The first-order chi connectivity index (χ1) is 12.3. The van der Waals surface area contributed by atoms with E-state index < -0.39 is 0 Å². The predicted molar refractivity (Wildman–Crippen MR) is 98.9 cm³/mol. The maximum atomic E-state index is 13.0. The summed E-state index contributed by atoms with van der Waals surface area (Å²) in [7, 11) is 0. The van der Waals surface area contributed by atoms with Gasteiger partial charge in [-0.2, -0.15) is 0 Å². The van der Waals surface area contributed by atoms with Gasteiger partial charge in [-0.25, -0.2) is 0 Å². The van der Waals surface area contributed by atoms with Gasteiger partial charge in [0.25, 0.3) is 0 Å². The van der Waals surface area contributed by atoms with E-state index in [4.69, 9.17) is 0 Å². The summed E-state index contributed by atoms with van der Waals surface area (Å²) in [5, 5.41) is 10.1. The molecular formula is C23H20O2. The minimum Gasteiger partial charge on any atom is -0.507 e. The first-order valence-electron chi connectivity index (χ1n) is 8.68. The molecule has 25 heavy (non-hydrogen) atoms. The zero-order chi connectivity index (χ0) is 17.2. The van der Waals surface area contributed by atoms with Crippen LogP contribution in [0.25, 0.3) is 0 Å². The number of phenols is 1. The molecule has 0 aliphatic heterocycles. The van der Waals surface area contributed by atoms with Crippen LogP contribution in [0.1, 0.15) is 39.7 Å². The van der Waals surface area contributed by atoms with E-state index in [1.54, 1.807) is 24.3 Å². The number of hydrogen-bond donors (Lipinski definition) is 1. The molecule has 2 nitrogen and oxygen atoms in total. The number of benzene rings is 3. The zero-order valence-electron chi connectivity index (χ0n) is 13.9. The van der Waals surface area contributed by atoms with Gasteiger partial charge in [-0.1, -0.05) is 72.8 Å². The second kappa shape index (κ2) is 6.56. The molecule has 0 amide bonds. The smallest absolute Gasteiger partial charge is 0.170 e. The minimum absolute atomic E-state index is 0.0409. The number of Topliss-reactive ketones (excluding diaryl/α,β-unsaturated/α-hetero) is 1. The summed E-state index contributed by atoms with van der Waals surface area (Å²) >= 11 is 0. The van der Waals surface area contributed by atoms with Crippen molar-refractivity contribution in [2.24, 2.45) is 5.92 Å². The molecule has 3 aromatic rings. The fraction of sp³-hybridized carbons (Fsp3) is 0.174. The third-order valence-electron chi connectivity index (χ3n) is 5.29. The molecule has 0 unspecified atom stereocenters. The summed E-state index contributed by atoms with van der Waals surface area (Å²) in [5.41, 5.74) is 2.90. The third kappa shape index (κ3) is 2.85. The topological polar surface area (TPSA) is 37.3 Å². The number of carbonyl (C=O) groups is 1. The van der Waals surface area contributed by atoms with Crippen LogP contribution in [0.15, 0.2) is 84.9 Å². The Morgan fingerprint density at radius 2 is 1.32 bits per heavy atom. The lowest BCUT2D eigenvalue weighted by atomic mass is 9.57. The van der Waals surface area contributed by atoms with Crippen LogP contribution >= 0.6 is 0 Å². The van der Waals surface area contributed by atoms with Crippen molar-refractivity contribution in [1.82, 2.24) is 0 Å². The van der Waals surface area contributed by atoms with Crippen molar-refractivity contribution < 1.29 is 9.90 Å². The van der Waals surface area contributed by atoms with Crippen molar-refractivity contribution in [1.29, 1.82) is 0 Å². The molecule has 0 heterocycles. The van der Waals surface area contributed by atoms with E-state index in [1.807, 2.05) is 24.3 Å². The molecule has 0 bridgehead atoms. The van der Waals surface area contributed by atoms with Gasteiger partial charge in [0.15, 0.2) is 5.78 Å². The summed E-state index contributed by atoms with van der Waals surface area (Å²) in [6.45, 7) is 0. The fourth-order valence-corrected chi connectivity index (χ4v) is 3.99. The molecule has 0 radical (unpaired) electrons. The van der Waals surface area contributed by atoms with Gasteiger partial charge in [0.1, 0.15) is 5.75 Å². The maximum Gasteiger partial charge on any atom is 0.170 e. The second-order valence-corrected chi connectivity index (χ2v) is 6.68. The number of aromatic hydroxyl groups is 1. The molecule has 1 saturated carbocycles. The third-order valence-corrected chi connectivity index (χ3v) is 5.29. The summed E-state index contributed by atoms with van der Waals surface area (Å²) < 4.78 is 0. The number of rotatable bonds is 4. The Kier molecular flexibility index (Phi) is 4.10. The average Bonchev–Trinajstić information content (AvgIpc) is 2.63. The summed E-state index contributed by atoms with van der Waals surface area (Å²) in [5.74, 6) is 0.502. The first kappa shape index (κ1) is 15.6. The van der Waals surface area contributed by atoms with Gasteiger partial charge in [-0.3, -0.25) is 4.79 Å². The van der Waals surface area contributed by atoms with Crippen molar-refractivity contribution in [3.63, 3.8) is 0 Å². The molecule has 1 aliphatic rings. The molecular weight excluding hydrogens is 308 g/mol. The van der Waals surface area contributed by atoms with Crippen LogP contribution in [0.2, 0.25) is 0 Å². The molecule has 1 aliphatic carbocycles. The maximum absolute atomic E-state index is 13.0. The van der Waals surface area contributed by atoms with E-state index in [0.717, 1.165) is 6.42 Å². The van der Waals surface area contributed by atoms with Crippen LogP contribution in [0, 0.1) is 5.92 Å². The highest BCUT2D eigenvalue weighted by molar-refractivity contribution is 6.01. The largest absolute Gasteiger partial charge is 0.507 e. The Bertz CT molecular complexity index is 871. The number of ketones is 1. The van der Waals surface area contributed by atoms with Crippen LogP contribution < -0.4 is 0 Å². The lowest BCUT2D eigenvalue weighted by molar-refractivity contribution is 0.0778. The highest BCUT2D eigenvalue weighted by atomic mass is 16.3. The van der Waals surface area contributed by atoms with E-state index in [0.29, 0.717) is 11.5 Å². The Hall–Kier alpha value is -2.87. The molecule has 4 rings (SSSR count). The molecule has 124 valence electrons. The van der Waals surface area contributed by atoms with Crippen molar-refractivity contribution in [2.45, 2.75) is 18.3 Å². The Morgan fingerprint density at radius 3 is 1.96 bits per heavy atom. The predicted octanol–water partition coefficient (Wildman–Crippen LogP) is 5.16. The van der Waals surface area contributed by atoms with Crippen molar-refractivity contribution in [3.8, 4) is 5.75 Å². The van der Waals surface area contributed by atoms with Crippen LogP contribution in [0.5, 0.6) is 5.75 Å². The van der Waals surface area contributed by atoms with Gasteiger partial charge < -0.3 is 5.11 Å². The lowest BCUT2D eigenvalue weighted by Crippen LogP contribution is -2.38. The van der Waals surface area contributed by atoms with Crippen molar-refractivity contribution in [2.75, 3.05) is 0 Å². The van der Waals surface area contributed by atoms with Crippen molar-refractivity contribution in [3.05, 3.63) is 102 Å². The van der Waals surface area contributed by atoms with Crippen molar-refractivity contribution >= 4 is 5.78 Å². The SMILES string of the molecule is O=C(c1ccccc1O)[C@@H]1C[C@H](c2ccccc2)[C@H]1c1ccccc1. The number of carbonyl (C=O) groups excluding carboxylic acids is 1. The van der Waals surface area contributed by atoms with Gasteiger partial charge in [0.05, 0.1) is 5.56 Å². The van der Waals surface area contributed by atoms with Crippen LogP contribution in [-0.2, 0) is 0 Å². The van der Waals surface area contributed by atoms with Crippen LogP contribution in [0.3, 0.4) is 0 Å². The highest BCUT2D eigenvalue weighted by Crippen LogP contribution is 2.54. The molecule has 1 fully saturated rings. The number of hydrogen-bond acceptors (Lipinski definition) is 2. The minimum atomic E-state index is -0.0964. The quantitative estimate of drug-likeness (QED) is 0.671. The van der Waals surface area contributed by atoms with E-state index in [1.165, 1.54) is 11.1 Å². The standard InChI is InChI=1S/C23H20O2/c24-21-14-8-7-13-18(21)23(25)20-15-19(16-9-3-1-4-10-16)22(20)17-11-5-2-6-12-17/h1-14,19-20,22,24H,15H2/t19-,20-,22-/m1/s1. The molecule has 1 N–H and O–H groups in total. The lowest BCUT2D eigenvalue weighted by Gasteiger charge is -2.45. The Balaban J connectivity index is 1.69. The summed E-state index contributed by atoms with van der Waals surface area (Å²) in [6.07, 6.45) is 0.816. The fourth-order valence-electron chi connectivity index (χ4n) is 3.99. The second-order valence-electron chi connectivity index (χ2n) is 6.68. The molecule has 0 spiro atoms. The van der Waals surface area contributed by atoms with Gasteiger partial charge in [-0.05, 0) is 35.6 Å². The highest BCUT2D eigenvalue weighted by Gasteiger charge is 2.46. The van der Waals surface area contributed by atoms with E-state index in [2.05, 4.69) is 36.4 Å². The monoisotopic (exact) mass is 328 g/mol. The number of phenolic OH excluding ortho intramolecular Hbond substituents is 1. The molecule has 0 saturated heterocycles. The first-order valence-corrected chi connectivity index (χ1v) is 8.68. The normalized spacial score (nSPS) is 22.2. The van der Waals surface area contributed by atoms with E-state index in [9.17, 15) is 9.90 Å². The summed E-state index contributed by atoms with van der Waals surface area (Å²) in [6, 6.07) is 27.5. The van der Waals surface area contributed by atoms with Crippen LogP contribution in [0.4, 0.5) is 0 Å². The molecule has 0 aromatic heterocycles. The molecule has 2 heteroatoms. The van der Waals surface area contributed by atoms with E-state index >= 15 is 0 Å². The van der Waals surface area contributed by atoms with Gasteiger partial charge in [-0.15, -0.1) is 0 Å². The van der Waals surface area contributed by atoms with E-state index in [-0.39, 0.29) is 23.4 Å².